The molecule has 62 valence electrons. The summed E-state index contributed by atoms with van der Waals surface area (Å²) in [4.78, 5) is 4.03. The Morgan fingerprint density at radius 3 is 3.08 bits per heavy atom. The number of nitrogens with zero attached hydrogens (tertiary/aromatic N) is 3. The Balaban J connectivity index is 2.94. The maximum atomic E-state index is 5.81. The van der Waals surface area contributed by atoms with E-state index in [1.165, 1.54) is 6.33 Å². The van der Waals surface area contributed by atoms with E-state index in [0.717, 1.165) is 10.0 Å². The highest BCUT2D eigenvalue weighted by Crippen LogP contribution is 2.23. The van der Waals surface area contributed by atoms with Crippen molar-refractivity contribution in [2.75, 3.05) is 5.73 Å². The SMILES string of the molecule is Cc1c(Br)cn2ncnc2c1N. The van der Waals surface area contributed by atoms with Crippen LogP contribution in [0.2, 0.25) is 0 Å². The number of nitrogen functional groups attached to an aromatic ring is 1. The van der Waals surface area contributed by atoms with Crippen molar-refractivity contribution in [1.29, 1.82) is 0 Å². The number of aromatic nitrogens is 3. The number of hydrogen-bond acceptors (Lipinski definition) is 3. The van der Waals surface area contributed by atoms with Crippen molar-refractivity contribution in [3.8, 4) is 0 Å². The zero-order valence-corrected chi connectivity index (χ0v) is 8.04. The van der Waals surface area contributed by atoms with Gasteiger partial charge in [0.05, 0.1) is 5.69 Å². The average molecular weight is 227 g/mol. The second-order valence-electron chi connectivity index (χ2n) is 2.54. The molecule has 2 heterocycles. The van der Waals surface area contributed by atoms with Crippen LogP contribution in [0.5, 0.6) is 0 Å². The summed E-state index contributed by atoms with van der Waals surface area (Å²) in [7, 11) is 0. The standard InChI is InChI=1S/C7H7BrN4/c1-4-5(8)2-12-7(6(4)9)10-3-11-12/h2-3H,9H2,1H3. The van der Waals surface area contributed by atoms with Gasteiger partial charge >= 0.3 is 0 Å². The molecule has 0 amide bonds. The number of anilines is 1. The van der Waals surface area contributed by atoms with Gasteiger partial charge in [-0.1, -0.05) is 0 Å². The van der Waals surface area contributed by atoms with E-state index >= 15 is 0 Å². The monoisotopic (exact) mass is 226 g/mol. The summed E-state index contributed by atoms with van der Waals surface area (Å²) in [5.74, 6) is 0. The quantitative estimate of drug-likeness (QED) is 0.739. The van der Waals surface area contributed by atoms with Crippen molar-refractivity contribution < 1.29 is 0 Å². The number of hydrogen-bond donors (Lipinski definition) is 1. The Labute approximate surface area is 77.5 Å². The van der Waals surface area contributed by atoms with Crippen molar-refractivity contribution >= 4 is 27.3 Å². The third-order valence-corrected chi connectivity index (χ3v) is 2.61. The summed E-state index contributed by atoms with van der Waals surface area (Å²) in [6.45, 7) is 1.94. The minimum atomic E-state index is 0.668. The molecule has 0 bridgehead atoms. The van der Waals surface area contributed by atoms with Crippen molar-refractivity contribution in [3.63, 3.8) is 0 Å². The van der Waals surface area contributed by atoms with Gasteiger partial charge in [-0.3, -0.25) is 0 Å². The fourth-order valence-corrected chi connectivity index (χ4v) is 1.45. The number of halogens is 1. The normalized spacial score (nSPS) is 10.8. The molecule has 5 heteroatoms. The first-order valence-corrected chi connectivity index (χ1v) is 4.23. The summed E-state index contributed by atoms with van der Waals surface area (Å²) in [6, 6.07) is 0. The average Bonchev–Trinajstić information content (AvgIpc) is 2.48. The third kappa shape index (κ3) is 0.896. The molecule has 0 atom stereocenters. The molecule has 12 heavy (non-hydrogen) atoms. The number of fused-ring (bicyclic) bond motifs is 1. The van der Waals surface area contributed by atoms with Gasteiger partial charge in [-0.15, -0.1) is 0 Å². The first-order chi connectivity index (χ1) is 5.70. The summed E-state index contributed by atoms with van der Waals surface area (Å²) >= 11 is 3.38. The lowest BCUT2D eigenvalue weighted by atomic mass is 10.2. The van der Waals surface area contributed by atoms with Gasteiger partial charge in [-0.25, -0.2) is 9.50 Å². The molecule has 0 saturated carbocycles. The van der Waals surface area contributed by atoms with Crippen LogP contribution >= 0.6 is 15.9 Å². The van der Waals surface area contributed by atoms with Gasteiger partial charge in [0, 0.05) is 10.7 Å². The van der Waals surface area contributed by atoms with E-state index in [4.69, 9.17) is 5.73 Å². The fraction of sp³-hybridized carbons (Fsp3) is 0.143. The minimum Gasteiger partial charge on any atom is -0.395 e. The second kappa shape index (κ2) is 2.45. The molecule has 2 rings (SSSR count). The van der Waals surface area contributed by atoms with Gasteiger partial charge in [-0.05, 0) is 28.4 Å². The van der Waals surface area contributed by atoms with Crippen LogP contribution in [0.3, 0.4) is 0 Å². The van der Waals surface area contributed by atoms with E-state index < -0.39 is 0 Å². The predicted molar refractivity (Wildman–Crippen MR) is 49.8 cm³/mol. The summed E-state index contributed by atoms with van der Waals surface area (Å²) in [6.07, 6.45) is 3.32. The van der Waals surface area contributed by atoms with Crippen LogP contribution in [0, 0.1) is 6.92 Å². The van der Waals surface area contributed by atoms with Crippen LogP contribution in [0.1, 0.15) is 5.56 Å². The Hall–Kier alpha value is -1.10. The Morgan fingerprint density at radius 2 is 2.33 bits per heavy atom. The molecule has 2 aromatic rings. The van der Waals surface area contributed by atoms with E-state index in [1.54, 1.807) is 4.52 Å². The van der Waals surface area contributed by atoms with Crippen LogP contribution < -0.4 is 5.73 Å². The summed E-state index contributed by atoms with van der Waals surface area (Å²) in [5, 5.41) is 3.98. The topological polar surface area (TPSA) is 56.2 Å². The smallest absolute Gasteiger partial charge is 0.178 e. The van der Waals surface area contributed by atoms with Gasteiger partial charge in [0.15, 0.2) is 5.65 Å². The first-order valence-electron chi connectivity index (χ1n) is 3.44. The number of nitrogens with two attached hydrogens (primary N) is 1. The molecule has 0 aromatic carbocycles. The van der Waals surface area contributed by atoms with E-state index in [2.05, 4.69) is 26.0 Å². The second-order valence-corrected chi connectivity index (χ2v) is 3.40. The summed E-state index contributed by atoms with van der Waals surface area (Å²) < 4.78 is 2.59. The highest BCUT2D eigenvalue weighted by atomic mass is 79.9. The molecule has 2 aromatic heterocycles. The third-order valence-electron chi connectivity index (χ3n) is 1.81. The van der Waals surface area contributed by atoms with Crippen LogP contribution in [0.15, 0.2) is 17.0 Å². The van der Waals surface area contributed by atoms with Crippen molar-refractivity contribution in [2.24, 2.45) is 0 Å². The molecule has 0 aliphatic carbocycles. The van der Waals surface area contributed by atoms with Gasteiger partial charge in [-0.2, -0.15) is 5.10 Å². The van der Waals surface area contributed by atoms with Crippen LogP contribution in [-0.2, 0) is 0 Å². The molecule has 0 saturated heterocycles. The van der Waals surface area contributed by atoms with Crippen LogP contribution in [0.4, 0.5) is 5.69 Å². The first kappa shape index (κ1) is 7.54. The molecule has 4 nitrogen and oxygen atoms in total. The van der Waals surface area contributed by atoms with Crippen molar-refractivity contribution in [1.82, 2.24) is 14.6 Å². The highest BCUT2D eigenvalue weighted by molar-refractivity contribution is 9.10. The zero-order chi connectivity index (χ0) is 8.72. The fourth-order valence-electron chi connectivity index (χ4n) is 1.04. The molecule has 0 unspecified atom stereocenters. The molecule has 2 N–H and O–H groups in total. The van der Waals surface area contributed by atoms with E-state index in [1.807, 2.05) is 13.1 Å². The molecular weight excluding hydrogens is 220 g/mol. The predicted octanol–water partition coefficient (Wildman–Crippen LogP) is 1.38. The maximum Gasteiger partial charge on any atom is 0.178 e. The Kier molecular flexibility index (Phi) is 1.54. The van der Waals surface area contributed by atoms with Gasteiger partial charge in [0.25, 0.3) is 0 Å². The van der Waals surface area contributed by atoms with Crippen LogP contribution in [-0.4, -0.2) is 14.6 Å². The molecule has 0 fully saturated rings. The zero-order valence-electron chi connectivity index (χ0n) is 6.45. The maximum absolute atomic E-state index is 5.81. The van der Waals surface area contributed by atoms with Crippen molar-refractivity contribution in [3.05, 3.63) is 22.6 Å². The van der Waals surface area contributed by atoms with E-state index in [-0.39, 0.29) is 0 Å². The number of rotatable bonds is 0. The lowest BCUT2D eigenvalue weighted by molar-refractivity contribution is 0.954. The lowest BCUT2D eigenvalue weighted by Gasteiger charge is -2.03. The number of pyridine rings is 1. The van der Waals surface area contributed by atoms with Gasteiger partial charge in [0.2, 0.25) is 0 Å². The lowest BCUT2D eigenvalue weighted by Crippen LogP contribution is -1.97. The highest BCUT2D eigenvalue weighted by Gasteiger charge is 2.06. The van der Waals surface area contributed by atoms with Gasteiger partial charge in [0.1, 0.15) is 6.33 Å². The Morgan fingerprint density at radius 1 is 1.58 bits per heavy atom. The molecule has 0 aliphatic heterocycles. The molecule has 0 spiro atoms. The summed E-state index contributed by atoms with van der Waals surface area (Å²) in [5.41, 5.74) is 8.18. The molecule has 0 aliphatic rings. The minimum absolute atomic E-state index is 0.668. The van der Waals surface area contributed by atoms with E-state index in [0.29, 0.717) is 11.3 Å². The van der Waals surface area contributed by atoms with E-state index in [9.17, 15) is 0 Å². The largest absolute Gasteiger partial charge is 0.395 e. The van der Waals surface area contributed by atoms with Gasteiger partial charge < -0.3 is 5.73 Å². The van der Waals surface area contributed by atoms with Crippen molar-refractivity contribution in [2.45, 2.75) is 6.92 Å². The Bertz CT molecular complexity index is 434. The van der Waals surface area contributed by atoms with Crippen LogP contribution in [0.25, 0.3) is 5.65 Å². The molecule has 0 radical (unpaired) electrons. The molecular formula is C7H7BrN4.